The van der Waals surface area contributed by atoms with E-state index in [-0.39, 0.29) is 18.4 Å². The third-order valence-corrected chi connectivity index (χ3v) is 5.15. The fourth-order valence-corrected chi connectivity index (χ4v) is 4.57. The van der Waals surface area contributed by atoms with Gasteiger partial charge in [-0.05, 0) is 49.4 Å². The molecule has 4 nitrogen and oxygen atoms in total. The first-order valence-corrected chi connectivity index (χ1v) is 7.14. The molecule has 0 spiro atoms. The lowest BCUT2D eigenvalue weighted by Gasteiger charge is -2.21. The van der Waals surface area contributed by atoms with Gasteiger partial charge in [-0.3, -0.25) is 9.59 Å². The molecule has 100 valence electrons. The number of carboxylic acid groups (broad SMARTS) is 1. The Morgan fingerprint density at radius 2 is 1.83 bits per heavy atom. The van der Waals surface area contributed by atoms with E-state index in [0.717, 1.165) is 18.3 Å². The van der Waals surface area contributed by atoms with E-state index in [2.05, 4.69) is 0 Å². The molecule has 3 aliphatic carbocycles. The first-order chi connectivity index (χ1) is 8.63. The van der Waals surface area contributed by atoms with Crippen molar-refractivity contribution in [2.45, 2.75) is 32.6 Å². The second kappa shape index (κ2) is 4.25. The maximum absolute atomic E-state index is 12.4. The van der Waals surface area contributed by atoms with Crippen LogP contribution >= 0.6 is 0 Å². The number of carbonyl (C=O) groups is 2. The normalized spacial score (nSPS) is 39.5. The average Bonchev–Trinajstić information content (AvgIpc) is 2.75. The minimum Gasteiger partial charge on any atom is -0.480 e. The molecule has 0 aliphatic heterocycles. The average molecular weight is 251 g/mol. The van der Waals surface area contributed by atoms with Gasteiger partial charge >= 0.3 is 5.97 Å². The molecule has 3 fully saturated rings. The van der Waals surface area contributed by atoms with E-state index in [1.54, 1.807) is 4.90 Å². The fourth-order valence-electron chi connectivity index (χ4n) is 4.57. The van der Waals surface area contributed by atoms with E-state index in [4.69, 9.17) is 5.11 Å². The number of nitrogens with zero attached hydrogens (tertiary/aromatic N) is 1. The third-order valence-electron chi connectivity index (χ3n) is 5.15. The van der Waals surface area contributed by atoms with Crippen molar-refractivity contribution in [1.82, 2.24) is 4.90 Å². The van der Waals surface area contributed by atoms with E-state index in [1.807, 2.05) is 6.92 Å². The Morgan fingerprint density at radius 3 is 2.33 bits per heavy atom. The molecule has 3 saturated carbocycles. The van der Waals surface area contributed by atoms with Crippen LogP contribution in [-0.4, -0.2) is 35.0 Å². The zero-order valence-corrected chi connectivity index (χ0v) is 10.8. The van der Waals surface area contributed by atoms with Crippen molar-refractivity contribution in [3.63, 3.8) is 0 Å². The highest BCUT2D eigenvalue weighted by Crippen LogP contribution is 2.69. The number of carbonyl (C=O) groups excluding carboxylic acids is 1. The van der Waals surface area contributed by atoms with Crippen LogP contribution in [0.5, 0.6) is 0 Å². The maximum atomic E-state index is 12.4. The molecule has 18 heavy (non-hydrogen) atoms. The Morgan fingerprint density at radius 1 is 1.22 bits per heavy atom. The highest BCUT2D eigenvalue weighted by atomic mass is 16.4. The van der Waals surface area contributed by atoms with Crippen LogP contribution in [-0.2, 0) is 9.59 Å². The molecular formula is C14H21NO3. The molecule has 0 aromatic heterocycles. The van der Waals surface area contributed by atoms with Gasteiger partial charge in [0.25, 0.3) is 0 Å². The van der Waals surface area contributed by atoms with Crippen LogP contribution in [0.15, 0.2) is 0 Å². The third kappa shape index (κ3) is 1.73. The summed E-state index contributed by atoms with van der Waals surface area (Å²) < 4.78 is 0. The van der Waals surface area contributed by atoms with Crippen molar-refractivity contribution >= 4 is 11.9 Å². The SMILES string of the molecule is CCCN(CC(=O)O)C(=O)C1[C@@H]2[C@H]3CC[C@@H](C3)[C@@H]12. The highest BCUT2D eigenvalue weighted by Gasteiger charge is 2.67. The maximum Gasteiger partial charge on any atom is 0.323 e. The van der Waals surface area contributed by atoms with Crippen LogP contribution < -0.4 is 0 Å². The summed E-state index contributed by atoms with van der Waals surface area (Å²) in [6, 6.07) is 0. The Bertz CT molecular complexity index is 365. The summed E-state index contributed by atoms with van der Waals surface area (Å²) in [5, 5.41) is 8.89. The molecule has 0 radical (unpaired) electrons. The van der Waals surface area contributed by atoms with Gasteiger partial charge in [0.1, 0.15) is 6.54 Å². The van der Waals surface area contributed by atoms with Crippen molar-refractivity contribution in [1.29, 1.82) is 0 Å². The van der Waals surface area contributed by atoms with E-state index in [9.17, 15) is 9.59 Å². The van der Waals surface area contributed by atoms with Crippen molar-refractivity contribution < 1.29 is 14.7 Å². The number of amides is 1. The molecule has 1 N–H and O–H groups in total. The van der Waals surface area contributed by atoms with Gasteiger partial charge in [0, 0.05) is 12.5 Å². The molecule has 2 bridgehead atoms. The number of carboxylic acids is 1. The molecule has 1 amide bonds. The molecular weight excluding hydrogens is 230 g/mol. The highest BCUT2D eigenvalue weighted by molar-refractivity contribution is 5.86. The standard InChI is InChI=1S/C14H21NO3/c1-2-5-15(7-10(16)17)14(18)13-11-8-3-4-9(6-8)12(11)13/h8-9,11-13H,2-7H2,1H3,(H,16,17)/t8-,9-,11+,12+/m0/s1. The Hall–Kier alpha value is -1.06. The lowest BCUT2D eigenvalue weighted by Crippen LogP contribution is -2.38. The van der Waals surface area contributed by atoms with Gasteiger partial charge < -0.3 is 10.0 Å². The smallest absolute Gasteiger partial charge is 0.323 e. The summed E-state index contributed by atoms with van der Waals surface area (Å²) in [6.45, 7) is 2.44. The molecule has 4 atom stereocenters. The number of fused-ring (bicyclic) bond motifs is 5. The molecule has 0 aromatic carbocycles. The summed E-state index contributed by atoms with van der Waals surface area (Å²) in [5.41, 5.74) is 0. The molecule has 0 saturated heterocycles. The second-order valence-corrected chi connectivity index (χ2v) is 6.17. The topological polar surface area (TPSA) is 57.6 Å². The summed E-state index contributed by atoms with van der Waals surface area (Å²) in [7, 11) is 0. The Labute approximate surface area is 107 Å². The lowest BCUT2D eigenvalue weighted by atomic mass is 10.0. The van der Waals surface area contributed by atoms with E-state index in [0.29, 0.717) is 18.4 Å². The van der Waals surface area contributed by atoms with Gasteiger partial charge in [-0.1, -0.05) is 6.92 Å². The molecule has 3 aliphatic rings. The van der Waals surface area contributed by atoms with Gasteiger partial charge in [-0.25, -0.2) is 0 Å². The quantitative estimate of drug-likeness (QED) is 0.807. The van der Waals surface area contributed by atoms with Crippen LogP contribution in [0.1, 0.15) is 32.6 Å². The van der Waals surface area contributed by atoms with Crippen molar-refractivity contribution in [3.05, 3.63) is 0 Å². The van der Waals surface area contributed by atoms with Gasteiger partial charge in [-0.15, -0.1) is 0 Å². The van der Waals surface area contributed by atoms with Crippen LogP contribution in [0.25, 0.3) is 0 Å². The van der Waals surface area contributed by atoms with Crippen molar-refractivity contribution in [3.8, 4) is 0 Å². The summed E-state index contributed by atoms with van der Waals surface area (Å²) in [6.07, 6.45) is 4.74. The minimum absolute atomic E-state index is 0.117. The summed E-state index contributed by atoms with van der Waals surface area (Å²) in [4.78, 5) is 24.8. The van der Waals surface area contributed by atoms with E-state index in [1.165, 1.54) is 19.3 Å². The van der Waals surface area contributed by atoms with Gasteiger partial charge in [0.2, 0.25) is 5.91 Å². The summed E-state index contributed by atoms with van der Waals surface area (Å²) >= 11 is 0. The van der Waals surface area contributed by atoms with Crippen LogP contribution in [0.4, 0.5) is 0 Å². The zero-order chi connectivity index (χ0) is 12.9. The first kappa shape index (κ1) is 12.0. The predicted octanol–water partition coefficient (Wildman–Crippen LogP) is 1.60. The van der Waals surface area contributed by atoms with Crippen molar-refractivity contribution in [2.24, 2.45) is 29.6 Å². The number of hydrogen-bond donors (Lipinski definition) is 1. The number of hydrogen-bond acceptors (Lipinski definition) is 2. The largest absolute Gasteiger partial charge is 0.480 e. The second-order valence-electron chi connectivity index (χ2n) is 6.17. The van der Waals surface area contributed by atoms with Gasteiger partial charge in [-0.2, -0.15) is 0 Å². The molecule has 3 rings (SSSR count). The number of aliphatic carboxylic acids is 1. The van der Waals surface area contributed by atoms with Crippen molar-refractivity contribution in [2.75, 3.05) is 13.1 Å². The van der Waals surface area contributed by atoms with E-state index >= 15 is 0 Å². The molecule has 0 unspecified atom stereocenters. The predicted molar refractivity (Wildman–Crippen MR) is 65.8 cm³/mol. The molecule has 0 aromatic rings. The van der Waals surface area contributed by atoms with E-state index < -0.39 is 5.97 Å². The molecule has 0 heterocycles. The Kier molecular flexibility index (Phi) is 2.83. The van der Waals surface area contributed by atoms with Gasteiger partial charge in [0.05, 0.1) is 0 Å². The van der Waals surface area contributed by atoms with Crippen LogP contribution in [0.2, 0.25) is 0 Å². The monoisotopic (exact) mass is 251 g/mol. The Balaban J connectivity index is 1.65. The number of rotatable bonds is 5. The van der Waals surface area contributed by atoms with Crippen LogP contribution in [0.3, 0.4) is 0 Å². The van der Waals surface area contributed by atoms with Crippen LogP contribution in [0, 0.1) is 29.6 Å². The van der Waals surface area contributed by atoms with Gasteiger partial charge in [0.15, 0.2) is 0 Å². The fraction of sp³-hybridized carbons (Fsp3) is 0.857. The lowest BCUT2D eigenvalue weighted by molar-refractivity contribution is -0.145. The molecule has 4 heteroatoms. The minimum atomic E-state index is -0.898. The summed E-state index contributed by atoms with van der Waals surface area (Å²) in [5.74, 6) is 2.12. The first-order valence-electron chi connectivity index (χ1n) is 7.14. The zero-order valence-electron chi connectivity index (χ0n) is 10.8.